The number of nitrogens with zero attached hydrogens (tertiary/aromatic N) is 3. The summed E-state index contributed by atoms with van der Waals surface area (Å²) in [6.45, 7) is 1.93. The number of nitrogens with one attached hydrogen (secondary N) is 1. The van der Waals surface area contributed by atoms with Gasteiger partial charge in [0.1, 0.15) is 5.82 Å². The van der Waals surface area contributed by atoms with Crippen molar-refractivity contribution >= 4 is 22.5 Å². The SMILES string of the molecule is Cc1cncc(Nc2nc3ccc(F)cc3c(=O)n2-c2ccccc2)c1. The van der Waals surface area contributed by atoms with Crippen LogP contribution in [0.25, 0.3) is 16.6 Å². The van der Waals surface area contributed by atoms with Gasteiger partial charge < -0.3 is 5.32 Å². The van der Waals surface area contributed by atoms with Gasteiger partial charge in [-0.2, -0.15) is 0 Å². The quantitative estimate of drug-likeness (QED) is 0.610. The number of hydrogen-bond donors (Lipinski definition) is 1. The van der Waals surface area contributed by atoms with Crippen molar-refractivity contribution in [1.29, 1.82) is 0 Å². The maximum absolute atomic E-state index is 13.6. The van der Waals surface area contributed by atoms with Gasteiger partial charge >= 0.3 is 0 Å². The molecule has 0 aliphatic rings. The Balaban J connectivity index is 1.98. The van der Waals surface area contributed by atoms with Gasteiger partial charge in [0.05, 0.1) is 28.5 Å². The molecule has 0 aliphatic carbocycles. The summed E-state index contributed by atoms with van der Waals surface area (Å²) in [7, 11) is 0. The second-order valence-corrected chi connectivity index (χ2v) is 5.95. The molecular formula is C20H15FN4O. The lowest BCUT2D eigenvalue weighted by Gasteiger charge is -2.15. The molecule has 0 amide bonds. The van der Waals surface area contributed by atoms with E-state index in [0.29, 0.717) is 22.8 Å². The van der Waals surface area contributed by atoms with Crippen molar-refractivity contribution in [2.24, 2.45) is 0 Å². The van der Waals surface area contributed by atoms with E-state index in [9.17, 15) is 9.18 Å². The number of fused-ring (bicyclic) bond motifs is 1. The number of aryl methyl sites for hydroxylation is 1. The molecule has 0 unspecified atom stereocenters. The molecule has 0 radical (unpaired) electrons. The van der Waals surface area contributed by atoms with Gasteiger partial charge in [-0.25, -0.2) is 13.9 Å². The molecule has 5 nitrogen and oxygen atoms in total. The minimum atomic E-state index is -0.473. The van der Waals surface area contributed by atoms with Gasteiger partial charge in [-0.1, -0.05) is 18.2 Å². The topological polar surface area (TPSA) is 59.8 Å². The van der Waals surface area contributed by atoms with Crippen LogP contribution in [0.1, 0.15) is 5.56 Å². The molecule has 1 N–H and O–H groups in total. The largest absolute Gasteiger partial charge is 0.324 e. The summed E-state index contributed by atoms with van der Waals surface area (Å²) in [5.74, 6) is -0.132. The standard InChI is InChI=1S/C20H15FN4O/c1-13-9-15(12-22-11-13)23-20-24-18-8-7-14(21)10-17(18)19(26)25(20)16-5-3-2-4-6-16/h2-12H,1H3,(H,23,24). The smallest absolute Gasteiger partial charge is 0.267 e. The second-order valence-electron chi connectivity index (χ2n) is 5.95. The zero-order valence-corrected chi connectivity index (χ0v) is 14.0. The molecule has 128 valence electrons. The van der Waals surface area contributed by atoms with Crippen LogP contribution >= 0.6 is 0 Å². The first-order valence-electron chi connectivity index (χ1n) is 8.08. The average molecular weight is 346 g/mol. The van der Waals surface area contributed by atoms with Crippen molar-refractivity contribution < 1.29 is 4.39 Å². The number of aromatic nitrogens is 3. The van der Waals surface area contributed by atoms with E-state index < -0.39 is 5.82 Å². The molecule has 4 rings (SSSR count). The Morgan fingerprint density at radius 1 is 1.04 bits per heavy atom. The van der Waals surface area contributed by atoms with E-state index in [1.54, 1.807) is 24.5 Å². The lowest BCUT2D eigenvalue weighted by molar-refractivity contribution is 0.629. The highest BCUT2D eigenvalue weighted by atomic mass is 19.1. The third-order valence-corrected chi connectivity index (χ3v) is 3.98. The maximum Gasteiger partial charge on any atom is 0.267 e. The van der Waals surface area contributed by atoms with E-state index in [4.69, 9.17) is 0 Å². The molecule has 2 heterocycles. The number of halogens is 1. The Morgan fingerprint density at radius 2 is 1.85 bits per heavy atom. The molecule has 2 aromatic heterocycles. The summed E-state index contributed by atoms with van der Waals surface area (Å²) in [5, 5.41) is 3.38. The first-order valence-corrected chi connectivity index (χ1v) is 8.08. The van der Waals surface area contributed by atoms with Crippen LogP contribution in [0.15, 0.2) is 71.8 Å². The van der Waals surface area contributed by atoms with E-state index in [0.717, 1.165) is 5.56 Å². The summed E-state index contributed by atoms with van der Waals surface area (Å²) in [6.07, 6.45) is 3.40. The Bertz CT molecular complexity index is 1160. The average Bonchev–Trinajstić information content (AvgIpc) is 2.63. The fourth-order valence-corrected chi connectivity index (χ4v) is 2.81. The van der Waals surface area contributed by atoms with Crippen molar-refractivity contribution in [2.45, 2.75) is 6.92 Å². The molecule has 0 aliphatic heterocycles. The minimum Gasteiger partial charge on any atom is -0.324 e. The minimum absolute atomic E-state index is 0.224. The molecule has 0 saturated heterocycles. The first-order chi connectivity index (χ1) is 12.6. The Kier molecular flexibility index (Phi) is 3.93. The van der Waals surface area contributed by atoms with E-state index in [-0.39, 0.29) is 10.9 Å². The summed E-state index contributed by atoms with van der Waals surface area (Å²) in [4.78, 5) is 21.7. The Hall–Kier alpha value is -3.54. The predicted molar refractivity (Wildman–Crippen MR) is 99.6 cm³/mol. The zero-order chi connectivity index (χ0) is 18.1. The van der Waals surface area contributed by atoms with Crippen LogP contribution in [0.4, 0.5) is 16.0 Å². The first kappa shape index (κ1) is 16.0. The third kappa shape index (κ3) is 2.93. The third-order valence-electron chi connectivity index (χ3n) is 3.98. The number of para-hydroxylation sites is 1. The summed E-state index contributed by atoms with van der Waals surface area (Å²) < 4.78 is 15.1. The molecule has 0 bridgehead atoms. The van der Waals surface area contributed by atoms with E-state index in [1.807, 2.05) is 31.2 Å². The van der Waals surface area contributed by atoms with Gasteiger partial charge in [0.15, 0.2) is 0 Å². The molecule has 6 heteroatoms. The number of benzene rings is 2. The molecular weight excluding hydrogens is 331 g/mol. The van der Waals surface area contributed by atoms with Crippen LogP contribution in [0.3, 0.4) is 0 Å². The number of anilines is 2. The molecule has 4 aromatic rings. The normalized spacial score (nSPS) is 10.8. The molecule has 0 fully saturated rings. The van der Waals surface area contributed by atoms with Gasteiger partial charge in [0.2, 0.25) is 5.95 Å². The number of pyridine rings is 1. The fraction of sp³-hybridized carbons (Fsp3) is 0.0500. The van der Waals surface area contributed by atoms with Gasteiger partial charge in [0.25, 0.3) is 5.56 Å². The lowest BCUT2D eigenvalue weighted by Crippen LogP contribution is -2.23. The van der Waals surface area contributed by atoms with E-state index >= 15 is 0 Å². The summed E-state index contributed by atoms with van der Waals surface area (Å²) in [5.41, 5.74) is 2.41. The summed E-state index contributed by atoms with van der Waals surface area (Å²) in [6, 6.07) is 15.0. The van der Waals surface area contributed by atoms with Crippen molar-refractivity contribution in [1.82, 2.24) is 14.5 Å². The van der Waals surface area contributed by atoms with Crippen LogP contribution in [-0.2, 0) is 0 Å². The molecule has 0 spiro atoms. The molecule has 0 saturated carbocycles. The predicted octanol–water partition coefficient (Wildman–Crippen LogP) is 3.97. The fourth-order valence-electron chi connectivity index (χ4n) is 2.81. The van der Waals surface area contributed by atoms with Gasteiger partial charge in [-0.3, -0.25) is 9.78 Å². The highest BCUT2D eigenvalue weighted by Gasteiger charge is 2.14. The monoisotopic (exact) mass is 346 g/mol. The molecule has 26 heavy (non-hydrogen) atoms. The van der Waals surface area contributed by atoms with Crippen molar-refractivity contribution in [3.63, 3.8) is 0 Å². The van der Waals surface area contributed by atoms with Crippen LogP contribution in [0.5, 0.6) is 0 Å². The number of hydrogen-bond acceptors (Lipinski definition) is 4. The lowest BCUT2D eigenvalue weighted by atomic mass is 10.2. The zero-order valence-electron chi connectivity index (χ0n) is 14.0. The van der Waals surface area contributed by atoms with Crippen LogP contribution in [-0.4, -0.2) is 14.5 Å². The number of rotatable bonds is 3. The summed E-state index contributed by atoms with van der Waals surface area (Å²) >= 11 is 0. The highest BCUT2D eigenvalue weighted by molar-refractivity contribution is 5.80. The van der Waals surface area contributed by atoms with Crippen molar-refractivity contribution in [2.75, 3.05) is 5.32 Å². The molecule has 2 aromatic carbocycles. The Morgan fingerprint density at radius 3 is 2.62 bits per heavy atom. The van der Waals surface area contributed by atoms with Gasteiger partial charge in [0, 0.05) is 6.20 Å². The van der Waals surface area contributed by atoms with Gasteiger partial charge in [-0.15, -0.1) is 0 Å². The van der Waals surface area contributed by atoms with Crippen LogP contribution < -0.4 is 10.9 Å². The van der Waals surface area contributed by atoms with Crippen LogP contribution in [0.2, 0.25) is 0 Å². The van der Waals surface area contributed by atoms with Crippen molar-refractivity contribution in [3.05, 3.63) is 88.7 Å². The highest BCUT2D eigenvalue weighted by Crippen LogP contribution is 2.20. The van der Waals surface area contributed by atoms with E-state index in [1.165, 1.54) is 22.8 Å². The maximum atomic E-state index is 13.6. The van der Waals surface area contributed by atoms with Gasteiger partial charge in [-0.05, 0) is 48.9 Å². The van der Waals surface area contributed by atoms with Crippen molar-refractivity contribution in [3.8, 4) is 5.69 Å². The van der Waals surface area contributed by atoms with Crippen LogP contribution in [0, 0.1) is 12.7 Å². The molecule has 0 atom stereocenters. The second kappa shape index (κ2) is 6.40. The Labute approximate surface area is 148 Å². The van der Waals surface area contributed by atoms with E-state index in [2.05, 4.69) is 15.3 Å².